The Morgan fingerprint density at radius 3 is 2.65 bits per heavy atom. The zero-order valence-corrected chi connectivity index (χ0v) is 9.64. The van der Waals surface area contributed by atoms with Gasteiger partial charge in [0.15, 0.2) is 0 Å². The number of aryl methyl sites for hydroxylation is 2. The van der Waals surface area contributed by atoms with Gasteiger partial charge in [-0.1, -0.05) is 0 Å². The van der Waals surface area contributed by atoms with Gasteiger partial charge in [-0.3, -0.25) is 10.4 Å². The molecule has 17 heavy (non-hydrogen) atoms. The van der Waals surface area contributed by atoms with Crippen LogP contribution in [0.4, 0.5) is 5.95 Å². The molecule has 0 saturated carbocycles. The van der Waals surface area contributed by atoms with Gasteiger partial charge in [-0.15, -0.1) is 0 Å². The van der Waals surface area contributed by atoms with Gasteiger partial charge in [-0.2, -0.15) is 4.98 Å². The first kappa shape index (κ1) is 11.3. The van der Waals surface area contributed by atoms with E-state index < -0.39 is 0 Å². The zero-order chi connectivity index (χ0) is 12.3. The molecule has 6 nitrogen and oxygen atoms in total. The predicted octanol–water partition coefficient (Wildman–Crippen LogP) is 1.57. The fraction of sp³-hybridized carbons (Fsp3) is 0.182. The fourth-order valence-electron chi connectivity index (χ4n) is 1.29. The minimum atomic E-state index is 0.320. The van der Waals surface area contributed by atoms with E-state index in [0.29, 0.717) is 17.6 Å². The summed E-state index contributed by atoms with van der Waals surface area (Å²) < 4.78 is 5.55. The smallest absolute Gasteiger partial charge is 0.240 e. The van der Waals surface area contributed by atoms with Crippen molar-refractivity contribution in [2.45, 2.75) is 13.8 Å². The Balaban J connectivity index is 2.23. The highest BCUT2D eigenvalue weighted by Gasteiger charge is 2.03. The van der Waals surface area contributed by atoms with Crippen molar-refractivity contribution in [3.63, 3.8) is 0 Å². The third-order valence-electron chi connectivity index (χ3n) is 2.07. The van der Waals surface area contributed by atoms with Crippen LogP contribution in [0.1, 0.15) is 11.4 Å². The molecular weight excluding hydrogens is 218 g/mol. The molecule has 0 aliphatic carbocycles. The first-order valence-corrected chi connectivity index (χ1v) is 5.10. The van der Waals surface area contributed by atoms with Gasteiger partial charge in [-0.25, -0.2) is 10.8 Å². The molecule has 2 aromatic rings. The maximum Gasteiger partial charge on any atom is 0.240 e. The zero-order valence-electron chi connectivity index (χ0n) is 9.64. The molecule has 0 fully saturated rings. The van der Waals surface area contributed by atoms with E-state index >= 15 is 0 Å². The number of aromatic nitrogens is 3. The molecule has 0 aliphatic rings. The van der Waals surface area contributed by atoms with Crippen molar-refractivity contribution in [3.8, 4) is 11.6 Å². The summed E-state index contributed by atoms with van der Waals surface area (Å²) in [6.07, 6.45) is 1.64. The minimum Gasteiger partial charge on any atom is -0.437 e. The number of nitrogens with zero attached hydrogens (tertiary/aromatic N) is 3. The lowest BCUT2D eigenvalue weighted by Gasteiger charge is -2.06. The topological polar surface area (TPSA) is 86.0 Å². The number of ether oxygens (including phenoxy) is 1. The molecule has 0 unspecified atom stereocenters. The molecule has 0 radical (unpaired) electrons. The Kier molecular flexibility index (Phi) is 3.15. The predicted molar refractivity (Wildman–Crippen MR) is 63.6 cm³/mol. The summed E-state index contributed by atoms with van der Waals surface area (Å²) in [4.78, 5) is 12.3. The average molecular weight is 231 g/mol. The fourth-order valence-corrected chi connectivity index (χ4v) is 1.29. The number of nitrogen functional groups attached to an aromatic ring is 1. The van der Waals surface area contributed by atoms with E-state index in [1.165, 1.54) is 0 Å². The largest absolute Gasteiger partial charge is 0.437 e. The number of anilines is 1. The molecular formula is C11H13N5O. The molecule has 6 heteroatoms. The van der Waals surface area contributed by atoms with E-state index in [1.54, 1.807) is 12.3 Å². The molecule has 0 bridgehead atoms. The van der Waals surface area contributed by atoms with Crippen molar-refractivity contribution in [1.29, 1.82) is 0 Å². The van der Waals surface area contributed by atoms with Crippen molar-refractivity contribution in [2.75, 3.05) is 5.43 Å². The van der Waals surface area contributed by atoms with Crippen molar-refractivity contribution < 1.29 is 4.74 Å². The van der Waals surface area contributed by atoms with Gasteiger partial charge < -0.3 is 4.74 Å². The van der Waals surface area contributed by atoms with Crippen LogP contribution in [0.2, 0.25) is 0 Å². The molecule has 88 valence electrons. The molecule has 2 heterocycles. The van der Waals surface area contributed by atoms with Gasteiger partial charge >= 0.3 is 0 Å². The lowest BCUT2D eigenvalue weighted by molar-refractivity contribution is 0.459. The van der Waals surface area contributed by atoms with Crippen LogP contribution in [-0.2, 0) is 0 Å². The van der Waals surface area contributed by atoms with Crippen LogP contribution in [0.3, 0.4) is 0 Å². The van der Waals surface area contributed by atoms with E-state index in [9.17, 15) is 0 Å². The maximum absolute atomic E-state index is 5.55. The second-order valence-electron chi connectivity index (χ2n) is 3.55. The quantitative estimate of drug-likeness (QED) is 0.616. The van der Waals surface area contributed by atoms with Crippen molar-refractivity contribution in [1.82, 2.24) is 15.0 Å². The van der Waals surface area contributed by atoms with Crippen LogP contribution in [-0.4, -0.2) is 15.0 Å². The van der Waals surface area contributed by atoms with E-state index in [0.717, 1.165) is 11.4 Å². The van der Waals surface area contributed by atoms with Crippen LogP contribution in [0, 0.1) is 13.8 Å². The minimum absolute atomic E-state index is 0.320. The van der Waals surface area contributed by atoms with Gasteiger partial charge in [0.25, 0.3) is 0 Å². The highest BCUT2D eigenvalue weighted by molar-refractivity contribution is 5.32. The van der Waals surface area contributed by atoms with Gasteiger partial charge in [0.2, 0.25) is 11.8 Å². The normalized spacial score (nSPS) is 10.1. The number of nitrogens with two attached hydrogens (primary N) is 1. The SMILES string of the molecule is Cc1ccc(Oc2cc(C)nc(NN)n2)cn1. The Bertz CT molecular complexity index is 512. The first-order chi connectivity index (χ1) is 8.17. The Hall–Kier alpha value is -2.21. The lowest BCUT2D eigenvalue weighted by Crippen LogP contribution is -2.11. The molecule has 2 rings (SSSR count). The molecule has 0 aliphatic heterocycles. The van der Waals surface area contributed by atoms with Crippen molar-refractivity contribution >= 4 is 5.95 Å². The monoisotopic (exact) mass is 231 g/mol. The average Bonchev–Trinajstić information content (AvgIpc) is 2.31. The number of nitrogens with one attached hydrogen (secondary N) is 1. The van der Waals surface area contributed by atoms with Gasteiger partial charge in [0, 0.05) is 17.5 Å². The summed E-state index contributed by atoms with van der Waals surface area (Å²) in [5, 5.41) is 0. The molecule has 0 amide bonds. The second kappa shape index (κ2) is 4.75. The first-order valence-electron chi connectivity index (χ1n) is 5.10. The van der Waals surface area contributed by atoms with E-state index in [4.69, 9.17) is 10.6 Å². The van der Waals surface area contributed by atoms with E-state index in [1.807, 2.05) is 26.0 Å². The van der Waals surface area contributed by atoms with Gasteiger partial charge in [0.05, 0.1) is 6.20 Å². The van der Waals surface area contributed by atoms with Crippen LogP contribution >= 0.6 is 0 Å². The van der Waals surface area contributed by atoms with E-state index in [-0.39, 0.29) is 0 Å². The van der Waals surface area contributed by atoms with Crippen LogP contribution in [0.5, 0.6) is 11.6 Å². The number of hydrazine groups is 1. The van der Waals surface area contributed by atoms with Crippen LogP contribution in [0.25, 0.3) is 0 Å². The second-order valence-corrected chi connectivity index (χ2v) is 3.55. The van der Waals surface area contributed by atoms with Crippen LogP contribution < -0.4 is 16.0 Å². The molecule has 2 aromatic heterocycles. The van der Waals surface area contributed by atoms with Crippen LogP contribution in [0.15, 0.2) is 24.4 Å². The number of hydrogen-bond acceptors (Lipinski definition) is 6. The van der Waals surface area contributed by atoms with Gasteiger partial charge in [-0.05, 0) is 26.0 Å². The molecule has 0 spiro atoms. The summed E-state index contributed by atoms with van der Waals surface area (Å²) in [5.74, 6) is 6.63. The third kappa shape index (κ3) is 2.88. The van der Waals surface area contributed by atoms with E-state index in [2.05, 4.69) is 20.4 Å². The third-order valence-corrected chi connectivity index (χ3v) is 2.07. The summed E-state index contributed by atoms with van der Waals surface area (Å²) in [5.41, 5.74) is 4.08. The van der Waals surface area contributed by atoms with Gasteiger partial charge in [0.1, 0.15) is 5.75 Å². The molecule has 0 aromatic carbocycles. The molecule has 3 N–H and O–H groups in total. The Morgan fingerprint density at radius 1 is 1.18 bits per heavy atom. The summed E-state index contributed by atoms with van der Waals surface area (Å²) in [6.45, 7) is 3.75. The Labute approximate surface area is 98.9 Å². The van der Waals surface area contributed by atoms with Crippen molar-refractivity contribution in [3.05, 3.63) is 35.8 Å². The lowest BCUT2D eigenvalue weighted by atomic mass is 10.4. The standard InChI is InChI=1S/C11H13N5O/c1-7-3-4-9(6-13-7)17-10-5-8(2)14-11(15-10)16-12/h3-6H,12H2,1-2H3,(H,14,15,16). The van der Waals surface area contributed by atoms with Crippen molar-refractivity contribution in [2.24, 2.45) is 5.84 Å². The molecule has 0 saturated heterocycles. The summed E-state index contributed by atoms with van der Waals surface area (Å²) >= 11 is 0. The summed E-state index contributed by atoms with van der Waals surface area (Å²) in [7, 11) is 0. The maximum atomic E-state index is 5.55. The Morgan fingerprint density at radius 2 is 2.00 bits per heavy atom. The number of pyridine rings is 1. The number of hydrogen-bond donors (Lipinski definition) is 2. The highest BCUT2D eigenvalue weighted by atomic mass is 16.5. The summed E-state index contributed by atoms with van der Waals surface area (Å²) in [6, 6.07) is 5.42. The molecule has 0 atom stereocenters. The highest BCUT2D eigenvalue weighted by Crippen LogP contribution is 2.19. The number of rotatable bonds is 3.